The van der Waals surface area contributed by atoms with Crippen LogP contribution in [0.5, 0.6) is 0 Å². The average Bonchev–Trinajstić information content (AvgIpc) is 2.42. The van der Waals surface area contributed by atoms with Crippen molar-refractivity contribution in [3.63, 3.8) is 0 Å². The van der Waals surface area contributed by atoms with Crippen molar-refractivity contribution in [3.05, 3.63) is 24.3 Å². The van der Waals surface area contributed by atoms with Gasteiger partial charge in [0.05, 0.1) is 0 Å². The molecule has 1 rings (SSSR count). The zero-order chi connectivity index (χ0) is 19.3. The van der Waals surface area contributed by atoms with E-state index < -0.39 is 32.6 Å². The maximum absolute atomic E-state index is 10.9. The van der Waals surface area contributed by atoms with Gasteiger partial charge in [-0.15, -0.1) is 0 Å². The van der Waals surface area contributed by atoms with Crippen LogP contribution in [0.25, 0.3) is 0 Å². The molecular formula is C13H23AsNO6S4+. The van der Waals surface area contributed by atoms with Gasteiger partial charge in [-0.3, -0.25) is 0 Å². The fourth-order valence-electron chi connectivity index (χ4n) is 1.66. The predicted octanol–water partition coefficient (Wildman–Crippen LogP) is 0.821. The van der Waals surface area contributed by atoms with E-state index >= 15 is 0 Å². The molecule has 0 aliphatic carbocycles. The summed E-state index contributed by atoms with van der Waals surface area (Å²) in [6.07, 6.45) is 0. The normalized spacial score (nSPS) is 13.4. The number of hydrogen-bond donors (Lipinski definition) is 2. The number of rotatable bonds is 10. The molecule has 1 aromatic carbocycles. The first-order valence-corrected chi connectivity index (χ1v) is 17.8. The van der Waals surface area contributed by atoms with Crippen molar-refractivity contribution in [1.82, 2.24) is 4.48 Å². The van der Waals surface area contributed by atoms with E-state index in [0.29, 0.717) is 4.48 Å². The minimum absolute atomic E-state index is 0.245. The van der Waals surface area contributed by atoms with Gasteiger partial charge in [0.1, 0.15) is 0 Å². The number of quaternary nitrogens is 1. The summed E-state index contributed by atoms with van der Waals surface area (Å²) in [5.74, 6) is -0.180. The van der Waals surface area contributed by atoms with Gasteiger partial charge >= 0.3 is 162 Å². The van der Waals surface area contributed by atoms with Crippen molar-refractivity contribution in [2.75, 3.05) is 44.2 Å². The van der Waals surface area contributed by atoms with Crippen LogP contribution in [0.1, 0.15) is 0 Å². The molecule has 0 amide bonds. The van der Waals surface area contributed by atoms with Crippen molar-refractivity contribution in [2.24, 2.45) is 0 Å². The Morgan fingerprint density at radius 3 is 1.60 bits per heavy atom. The summed E-state index contributed by atoms with van der Waals surface area (Å²) in [7, 11) is 1.02. The van der Waals surface area contributed by atoms with E-state index in [2.05, 4.69) is 0 Å². The summed E-state index contributed by atoms with van der Waals surface area (Å²) >= 11 is -1.85. The molecular weight excluding hydrogens is 469 g/mol. The van der Waals surface area contributed by atoms with Crippen LogP contribution in [0.2, 0.25) is 0 Å². The molecule has 144 valence electrons. The van der Waals surface area contributed by atoms with Gasteiger partial charge in [-0.25, -0.2) is 0 Å². The molecule has 0 unspecified atom stereocenters. The Balaban J connectivity index is 2.84. The van der Waals surface area contributed by atoms with Crippen LogP contribution < -0.4 is 8.83 Å². The summed E-state index contributed by atoms with van der Waals surface area (Å²) < 4.78 is 63.0. The van der Waals surface area contributed by atoms with Crippen LogP contribution >= 0.6 is 20.0 Å². The quantitative estimate of drug-likeness (QED) is 0.281. The SMILES string of the molecule is C[N+](C)(C)c1ccc([As](SCCS(=O)(=O)O)SCCS(=O)(=O)O)cc1. The molecule has 0 aliphatic heterocycles. The molecule has 0 radical (unpaired) electrons. The Labute approximate surface area is 160 Å². The Morgan fingerprint density at radius 1 is 0.880 bits per heavy atom. The molecule has 1 aromatic rings. The molecule has 0 aromatic heterocycles. The zero-order valence-electron chi connectivity index (χ0n) is 14.2. The molecule has 0 fully saturated rings. The first-order chi connectivity index (χ1) is 11.3. The molecule has 12 heteroatoms. The van der Waals surface area contributed by atoms with Crippen LogP contribution in [-0.2, 0) is 20.2 Å². The Bertz CT molecular complexity index is 721. The van der Waals surface area contributed by atoms with Crippen molar-refractivity contribution >= 4 is 62.7 Å². The van der Waals surface area contributed by atoms with Gasteiger partial charge in [-0.05, 0) is 0 Å². The van der Waals surface area contributed by atoms with Crippen molar-refractivity contribution in [1.29, 1.82) is 0 Å². The van der Waals surface area contributed by atoms with Gasteiger partial charge in [0.2, 0.25) is 0 Å². The van der Waals surface area contributed by atoms with Crippen molar-refractivity contribution in [2.45, 2.75) is 0 Å². The molecule has 0 heterocycles. The molecule has 0 saturated heterocycles. The van der Waals surface area contributed by atoms with E-state index in [-0.39, 0.29) is 23.0 Å². The number of hydrogen-bond acceptors (Lipinski definition) is 6. The first-order valence-electron chi connectivity index (χ1n) is 7.16. The Kier molecular flexibility index (Phi) is 8.81. The molecule has 0 aliphatic rings. The van der Waals surface area contributed by atoms with Crippen LogP contribution in [0.15, 0.2) is 24.3 Å². The fraction of sp³-hybridized carbons (Fsp3) is 0.538. The van der Waals surface area contributed by atoms with E-state index in [1.807, 2.05) is 45.4 Å². The fourth-order valence-corrected chi connectivity index (χ4v) is 17.5. The second-order valence-electron chi connectivity index (χ2n) is 6.02. The number of nitrogens with zero attached hydrogens (tertiary/aromatic N) is 1. The van der Waals surface area contributed by atoms with Gasteiger partial charge in [-0.1, -0.05) is 0 Å². The summed E-state index contributed by atoms with van der Waals surface area (Å²) in [4.78, 5) is 0. The molecule has 25 heavy (non-hydrogen) atoms. The molecule has 0 saturated carbocycles. The van der Waals surface area contributed by atoms with E-state index in [1.165, 1.54) is 20.0 Å². The standard InChI is InChI=1S/C13H22AsNO6S4/c1-15(2,3)13-6-4-12(5-7-13)14(22-8-10-24(16,17)18)23-9-11-25(19,20)21/h4-7H,8-11H2,1-3H3,(H-,16,17,18,19,20,21)/p+1. The van der Waals surface area contributed by atoms with E-state index in [0.717, 1.165) is 10.0 Å². The minimum atomic E-state index is -4.02. The summed E-state index contributed by atoms with van der Waals surface area (Å²) in [6.45, 7) is 0. The van der Waals surface area contributed by atoms with E-state index in [9.17, 15) is 16.8 Å². The molecule has 0 spiro atoms. The third kappa shape index (κ3) is 10.2. The van der Waals surface area contributed by atoms with Crippen LogP contribution in [-0.4, -0.2) is 82.4 Å². The van der Waals surface area contributed by atoms with Crippen LogP contribution in [0.3, 0.4) is 0 Å². The summed E-state index contributed by atoms with van der Waals surface area (Å²) in [5.41, 5.74) is 1.11. The Hall–Kier alpha value is 0.258. The topological polar surface area (TPSA) is 109 Å². The first kappa shape index (κ1) is 23.3. The van der Waals surface area contributed by atoms with E-state index in [4.69, 9.17) is 9.11 Å². The average molecular weight is 493 g/mol. The van der Waals surface area contributed by atoms with Crippen molar-refractivity contribution in [3.8, 4) is 0 Å². The monoisotopic (exact) mass is 492 g/mol. The summed E-state index contributed by atoms with van der Waals surface area (Å²) in [5, 5.41) is 0. The van der Waals surface area contributed by atoms with Gasteiger partial charge in [0, 0.05) is 0 Å². The van der Waals surface area contributed by atoms with Gasteiger partial charge in [0.25, 0.3) is 0 Å². The van der Waals surface area contributed by atoms with Gasteiger partial charge in [-0.2, -0.15) is 0 Å². The third-order valence-electron chi connectivity index (χ3n) is 2.93. The number of benzene rings is 1. The Morgan fingerprint density at radius 2 is 1.28 bits per heavy atom. The second kappa shape index (κ2) is 9.45. The maximum atomic E-state index is 10.9. The van der Waals surface area contributed by atoms with Crippen LogP contribution in [0.4, 0.5) is 5.69 Å². The second-order valence-corrected chi connectivity index (χ2v) is 20.9. The van der Waals surface area contributed by atoms with E-state index in [1.54, 1.807) is 0 Å². The zero-order valence-corrected chi connectivity index (χ0v) is 19.3. The van der Waals surface area contributed by atoms with Gasteiger partial charge in [0.15, 0.2) is 0 Å². The molecule has 2 N–H and O–H groups in total. The molecule has 7 nitrogen and oxygen atoms in total. The van der Waals surface area contributed by atoms with Crippen LogP contribution in [0, 0.1) is 0 Å². The summed E-state index contributed by atoms with van der Waals surface area (Å²) in [6, 6.07) is 7.98. The van der Waals surface area contributed by atoms with Crippen molar-refractivity contribution < 1.29 is 25.9 Å². The van der Waals surface area contributed by atoms with Gasteiger partial charge < -0.3 is 0 Å². The predicted molar refractivity (Wildman–Crippen MR) is 109 cm³/mol. The third-order valence-corrected chi connectivity index (χ3v) is 18.4. The molecule has 0 atom stereocenters. The molecule has 0 bridgehead atoms.